The number of rotatable bonds is 9. The molecule has 0 unspecified atom stereocenters. The fourth-order valence-electron chi connectivity index (χ4n) is 2.60. The molecule has 1 aromatic carbocycles. The maximum Gasteiger partial charge on any atom is 0.407 e. The highest BCUT2D eigenvalue weighted by molar-refractivity contribution is 9.10. The van der Waals surface area contributed by atoms with Crippen molar-refractivity contribution in [2.45, 2.75) is 45.6 Å². The number of H-pyrrole nitrogens is 1. The van der Waals surface area contributed by atoms with Gasteiger partial charge in [-0.1, -0.05) is 23.7 Å². The molecule has 2 aromatic rings. The van der Waals surface area contributed by atoms with E-state index in [1.165, 1.54) is 0 Å². The fourth-order valence-corrected chi connectivity index (χ4v) is 3.28. The van der Waals surface area contributed by atoms with E-state index in [1.54, 1.807) is 24.3 Å². The van der Waals surface area contributed by atoms with Crippen LogP contribution < -0.4 is 16.0 Å². The molecule has 0 bridgehead atoms. The van der Waals surface area contributed by atoms with Crippen molar-refractivity contribution in [1.82, 2.24) is 20.8 Å². The summed E-state index contributed by atoms with van der Waals surface area (Å²) in [4.78, 5) is 36.3. The number of hydrogen-bond acceptors (Lipinski definition) is 5. The van der Waals surface area contributed by atoms with Crippen molar-refractivity contribution in [3.05, 3.63) is 45.0 Å². The van der Waals surface area contributed by atoms with Crippen LogP contribution in [0, 0.1) is 0 Å². The molecular weight excluding hydrogens is 502 g/mol. The summed E-state index contributed by atoms with van der Waals surface area (Å²) >= 11 is 9.33. The molecule has 11 heteroatoms. The van der Waals surface area contributed by atoms with Gasteiger partial charge in [0.25, 0.3) is 11.8 Å². The Bertz CT molecular complexity index is 958. The molecule has 0 saturated heterocycles. The van der Waals surface area contributed by atoms with Crippen molar-refractivity contribution in [1.29, 1.82) is 0 Å². The number of benzene rings is 1. The number of unbranched alkanes of at least 4 members (excludes halogenated alkanes) is 2. The summed E-state index contributed by atoms with van der Waals surface area (Å²) in [6.07, 6.45) is 1.89. The van der Waals surface area contributed by atoms with Crippen LogP contribution in [0.1, 0.15) is 60.9 Å². The third kappa shape index (κ3) is 8.16. The van der Waals surface area contributed by atoms with Gasteiger partial charge in [-0.25, -0.2) is 4.79 Å². The van der Waals surface area contributed by atoms with E-state index in [0.717, 1.165) is 19.3 Å². The van der Waals surface area contributed by atoms with E-state index in [0.29, 0.717) is 28.1 Å². The summed E-state index contributed by atoms with van der Waals surface area (Å²) in [7, 11) is 0. The molecule has 0 aliphatic carbocycles. The van der Waals surface area contributed by atoms with Gasteiger partial charge in [-0.3, -0.25) is 14.7 Å². The van der Waals surface area contributed by atoms with Crippen molar-refractivity contribution in [3.63, 3.8) is 0 Å². The minimum absolute atomic E-state index is 0.188. The van der Waals surface area contributed by atoms with E-state index < -0.39 is 17.6 Å². The van der Waals surface area contributed by atoms with Gasteiger partial charge in [0.05, 0.1) is 15.1 Å². The topological polar surface area (TPSA) is 125 Å². The Morgan fingerprint density at radius 3 is 2.38 bits per heavy atom. The van der Waals surface area contributed by atoms with Gasteiger partial charge in [-0.05, 0) is 68.1 Å². The van der Waals surface area contributed by atoms with Crippen LogP contribution in [-0.4, -0.2) is 46.8 Å². The zero-order valence-electron chi connectivity index (χ0n) is 18.2. The van der Waals surface area contributed by atoms with Gasteiger partial charge in [0.15, 0.2) is 5.82 Å². The van der Waals surface area contributed by atoms with E-state index in [1.807, 2.05) is 20.8 Å². The van der Waals surface area contributed by atoms with Gasteiger partial charge in [0, 0.05) is 13.1 Å². The highest BCUT2D eigenvalue weighted by Crippen LogP contribution is 2.25. The average Bonchev–Trinajstić information content (AvgIpc) is 3.06. The minimum atomic E-state index is -0.521. The maximum absolute atomic E-state index is 12.4. The SMILES string of the molecule is CC(C)(C)OC(=O)NCCCCCNC(=O)c1[nH]nc(NC(=O)c2ccccc2Cl)c1Br. The number of nitrogens with one attached hydrogen (secondary N) is 4. The Hall–Kier alpha value is -2.59. The first-order valence-corrected chi connectivity index (χ1v) is 11.3. The van der Waals surface area contributed by atoms with Crippen LogP contribution in [-0.2, 0) is 4.74 Å². The van der Waals surface area contributed by atoms with Crippen molar-refractivity contribution >= 4 is 51.3 Å². The number of amides is 3. The zero-order valence-corrected chi connectivity index (χ0v) is 20.5. The Balaban J connectivity index is 1.72. The molecule has 4 N–H and O–H groups in total. The summed E-state index contributed by atoms with van der Waals surface area (Å²) < 4.78 is 5.50. The first-order valence-electron chi connectivity index (χ1n) is 10.1. The lowest BCUT2D eigenvalue weighted by atomic mass is 10.2. The Kier molecular flexibility index (Phi) is 9.52. The first-order chi connectivity index (χ1) is 15.1. The number of anilines is 1. The molecule has 9 nitrogen and oxygen atoms in total. The Morgan fingerprint density at radius 2 is 1.72 bits per heavy atom. The van der Waals surface area contributed by atoms with E-state index in [4.69, 9.17) is 16.3 Å². The van der Waals surface area contributed by atoms with Crippen LogP contribution in [0.2, 0.25) is 5.02 Å². The molecule has 2 rings (SSSR count). The lowest BCUT2D eigenvalue weighted by Crippen LogP contribution is -2.33. The average molecular weight is 529 g/mol. The van der Waals surface area contributed by atoms with Crippen LogP contribution in [0.5, 0.6) is 0 Å². The molecule has 0 fully saturated rings. The number of carbonyl (C=O) groups excluding carboxylic acids is 3. The summed E-state index contributed by atoms with van der Waals surface area (Å²) in [6, 6.07) is 6.63. The summed E-state index contributed by atoms with van der Waals surface area (Å²) in [5, 5.41) is 15.0. The number of hydrogen-bond donors (Lipinski definition) is 4. The lowest BCUT2D eigenvalue weighted by molar-refractivity contribution is 0.0526. The number of alkyl carbamates (subject to hydrolysis) is 1. The fraction of sp³-hybridized carbons (Fsp3) is 0.429. The third-order valence-electron chi connectivity index (χ3n) is 4.09. The molecule has 0 radical (unpaired) electrons. The van der Waals surface area contributed by atoms with Gasteiger partial charge in [-0.2, -0.15) is 5.10 Å². The smallest absolute Gasteiger partial charge is 0.407 e. The quantitative estimate of drug-likeness (QED) is 0.357. The Labute approximate surface area is 200 Å². The highest BCUT2D eigenvalue weighted by Gasteiger charge is 2.20. The molecular formula is C21H27BrClN5O4. The van der Waals surface area contributed by atoms with Gasteiger partial charge in [-0.15, -0.1) is 0 Å². The van der Waals surface area contributed by atoms with Crippen LogP contribution >= 0.6 is 27.5 Å². The normalized spacial score (nSPS) is 11.0. The largest absolute Gasteiger partial charge is 0.444 e. The molecule has 3 amide bonds. The Morgan fingerprint density at radius 1 is 1.06 bits per heavy atom. The number of aromatic nitrogens is 2. The predicted octanol–water partition coefficient (Wildman–Crippen LogP) is 4.50. The van der Waals surface area contributed by atoms with Gasteiger partial charge in [0.1, 0.15) is 11.3 Å². The van der Waals surface area contributed by atoms with E-state index in [-0.39, 0.29) is 17.4 Å². The monoisotopic (exact) mass is 527 g/mol. The second kappa shape index (κ2) is 11.9. The molecule has 1 heterocycles. The van der Waals surface area contributed by atoms with E-state index in [2.05, 4.69) is 42.1 Å². The molecule has 174 valence electrons. The molecule has 0 saturated carbocycles. The second-order valence-electron chi connectivity index (χ2n) is 7.94. The summed E-state index contributed by atoms with van der Waals surface area (Å²) in [5.41, 5.74) is -0.0191. The van der Waals surface area contributed by atoms with Gasteiger partial charge >= 0.3 is 6.09 Å². The van der Waals surface area contributed by atoms with Crippen LogP contribution in [0.4, 0.5) is 10.6 Å². The number of ether oxygens (including phenoxy) is 1. The van der Waals surface area contributed by atoms with Crippen molar-refractivity contribution < 1.29 is 19.1 Å². The van der Waals surface area contributed by atoms with Gasteiger partial charge < -0.3 is 20.7 Å². The molecule has 32 heavy (non-hydrogen) atoms. The van der Waals surface area contributed by atoms with Crippen LogP contribution in [0.15, 0.2) is 28.7 Å². The highest BCUT2D eigenvalue weighted by atomic mass is 79.9. The predicted molar refractivity (Wildman–Crippen MR) is 126 cm³/mol. The number of aromatic amines is 1. The second-order valence-corrected chi connectivity index (χ2v) is 9.14. The first kappa shape index (κ1) is 25.7. The lowest BCUT2D eigenvalue weighted by Gasteiger charge is -2.19. The van der Waals surface area contributed by atoms with Crippen molar-refractivity contribution in [3.8, 4) is 0 Å². The zero-order chi connectivity index (χ0) is 23.7. The molecule has 0 spiro atoms. The molecule has 0 aliphatic heterocycles. The number of nitrogens with zero attached hydrogens (tertiary/aromatic N) is 1. The summed E-state index contributed by atoms with van der Waals surface area (Å²) in [6.45, 7) is 6.39. The molecule has 0 aliphatic rings. The van der Waals surface area contributed by atoms with Crippen molar-refractivity contribution in [2.24, 2.45) is 0 Å². The van der Waals surface area contributed by atoms with Gasteiger partial charge in [0.2, 0.25) is 0 Å². The van der Waals surface area contributed by atoms with Crippen LogP contribution in [0.3, 0.4) is 0 Å². The summed E-state index contributed by atoms with van der Waals surface area (Å²) in [5.74, 6) is -0.600. The third-order valence-corrected chi connectivity index (χ3v) is 5.19. The molecule has 1 aromatic heterocycles. The van der Waals surface area contributed by atoms with E-state index >= 15 is 0 Å². The van der Waals surface area contributed by atoms with Crippen molar-refractivity contribution in [2.75, 3.05) is 18.4 Å². The maximum atomic E-state index is 12.4. The van der Waals surface area contributed by atoms with Crippen LogP contribution in [0.25, 0.3) is 0 Å². The standard InChI is InChI=1S/C21H27BrClN5O4/c1-21(2,3)32-20(31)25-12-8-4-7-11-24-19(30)16-15(22)17(28-27-16)26-18(29)13-9-5-6-10-14(13)23/h5-6,9-10H,4,7-8,11-12H2,1-3H3,(H,24,30)(H,25,31)(H2,26,27,28,29). The van der Waals surface area contributed by atoms with E-state index in [9.17, 15) is 14.4 Å². The minimum Gasteiger partial charge on any atom is -0.444 e. The molecule has 0 atom stereocenters. The number of halogens is 2. The number of carbonyl (C=O) groups is 3.